The molecule has 1 aromatic carbocycles. The molecule has 0 saturated carbocycles. The highest BCUT2D eigenvalue weighted by atomic mass is 13.9. The lowest BCUT2D eigenvalue weighted by atomic mass is 10.1. The van der Waals surface area contributed by atoms with Crippen LogP contribution >= 0.6 is 0 Å². The standard InChI is InChI=1S/C10H12/c1-3-4-10-7-5-9(2)6-8-10/h4-8H,2-3H2,1H3. The fraction of sp³-hybridized carbons (Fsp3) is 0.200. The zero-order valence-corrected chi connectivity index (χ0v) is 6.30. The van der Waals surface area contributed by atoms with E-state index in [1.807, 2.05) is 12.1 Å². The van der Waals surface area contributed by atoms with Gasteiger partial charge in [-0.3, -0.25) is 0 Å². The van der Waals surface area contributed by atoms with Crippen LogP contribution < -0.4 is 0 Å². The van der Waals surface area contributed by atoms with E-state index < -0.39 is 0 Å². The molecule has 0 unspecified atom stereocenters. The molecule has 0 spiro atoms. The van der Waals surface area contributed by atoms with E-state index in [0.717, 1.165) is 12.0 Å². The summed E-state index contributed by atoms with van der Waals surface area (Å²) in [4.78, 5) is 0. The molecule has 52 valence electrons. The molecule has 0 aliphatic heterocycles. The molecule has 0 N–H and O–H groups in total. The molecule has 0 nitrogen and oxygen atoms in total. The Labute approximate surface area is 62.9 Å². The maximum Gasteiger partial charge on any atom is -0.00958 e. The Morgan fingerprint density at radius 1 is 1.30 bits per heavy atom. The van der Waals surface area contributed by atoms with Crippen molar-refractivity contribution in [2.45, 2.75) is 13.3 Å². The number of rotatable bonds is 2. The average molecular weight is 132 g/mol. The first-order valence-electron chi connectivity index (χ1n) is 3.58. The highest BCUT2D eigenvalue weighted by Crippen LogP contribution is 2.06. The van der Waals surface area contributed by atoms with E-state index in [0.29, 0.717) is 0 Å². The molecule has 0 heterocycles. The Morgan fingerprint density at radius 2 is 1.90 bits per heavy atom. The minimum atomic E-state index is 1.08. The maximum atomic E-state index is 3.81. The van der Waals surface area contributed by atoms with E-state index in [4.69, 9.17) is 0 Å². The first-order valence-corrected chi connectivity index (χ1v) is 3.58. The highest BCUT2D eigenvalue weighted by molar-refractivity contribution is 5.28. The molecule has 0 aromatic heterocycles. The normalized spacial score (nSPS) is 9.80. The van der Waals surface area contributed by atoms with Gasteiger partial charge in [0.25, 0.3) is 0 Å². The van der Waals surface area contributed by atoms with Crippen molar-refractivity contribution in [3.05, 3.63) is 48.7 Å². The van der Waals surface area contributed by atoms with E-state index in [1.54, 1.807) is 0 Å². The van der Waals surface area contributed by atoms with Crippen LogP contribution in [0.5, 0.6) is 0 Å². The number of benzene rings is 1. The van der Waals surface area contributed by atoms with E-state index in [1.165, 1.54) is 5.56 Å². The van der Waals surface area contributed by atoms with Crippen LogP contribution in [0.15, 0.2) is 24.3 Å². The predicted molar refractivity (Wildman–Crippen MR) is 44.6 cm³/mol. The molecule has 0 amide bonds. The van der Waals surface area contributed by atoms with Gasteiger partial charge in [-0.25, -0.2) is 0 Å². The van der Waals surface area contributed by atoms with Gasteiger partial charge in [0, 0.05) is 0 Å². The Hall–Kier alpha value is -0.780. The third-order valence-electron chi connectivity index (χ3n) is 1.42. The van der Waals surface area contributed by atoms with Gasteiger partial charge in [0.1, 0.15) is 0 Å². The number of hydrogen-bond donors (Lipinski definition) is 0. The summed E-state index contributed by atoms with van der Waals surface area (Å²) >= 11 is 0. The van der Waals surface area contributed by atoms with Crippen molar-refractivity contribution in [3.8, 4) is 0 Å². The van der Waals surface area contributed by atoms with Crippen LogP contribution in [-0.2, 0) is 0 Å². The summed E-state index contributed by atoms with van der Waals surface area (Å²) in [5, 5.41) is 0. The van der Waals surface area contributed by atoms with Crippen molar-refractivity contribution in [1.82, 2.24) is 0 Å². The van der Waals surface area contributed by atoms with Gasteiger partial charge >= 0.3 is 0 Å². The van der Waals surface area contributed by atoms with Gasteiger partial charge in [-0.2, -0.15) is 0 Å². The lowest BCUT2D eigenvalue weighted by Crippen LogP contribution is -1.78. The third-order valence-corrected chi connectivity index (χ3v) is 1.42. The van der Waals surface area contributed by atoms with Gasteiger partial charge in [-0.1, -0.05) is 31.2 Å². The average Bonchev–Trinajstić information content (AvgIpc) is 1.95. The van der Waals surface area contributed by atoms with Crippen molar-refractivity contribution in [1.29, 1.82) is 0 Å². The van der Waals surface area contributed by atoms with Crippen molar-refractivity contribution in [2.75, 3.05) is 0 Å². The predicted octanol–water partition coefficient (Wildman–Crippen LogP) is 2.83. The van der Waals surface area contributed by atoms with E-state index in [9.17, 15) is 0 Å². The van der Waals surface area contributed by atoms with Crippen molar-refractivity contribution < 1.29 is 0 Å². The van der Waals surface area contributed by atoms with Crippen LogP contribution in [0.1, 0.15) is 24.5 Å². The molecule has 2 radical (unpaired) electrons. The van der Waals surface area contributed by atoms with E-state index in [2.05, 4.69) is 32.4 Å². The van der Waals surface area contributed by atoms with Crippen LogP contribution in [0.3, 0.4) is 0 Å². The molecular formula is C10H12. The largest absolute Gasteiger partial charge is 0.0648 e. The summed E-state index contributed by atoms with van der Waals surface area (Å²) in [7, 11) is 0. The minimum Gasteiger partial charge on any atom is -0.0648 e. The lowest BCUT2D eigenvalue weighted by Gasteiger charge is -1.96. The molecule has 0 aliphatic rings. The molecular weight excluding hydrogens is 120 g/mol. The number of hydrogen-bond acceptors (Lipinski definition) is 0. The van der Waals surface area contributed by atoms with Gasteiger partial charge < -0.3 is 0 Å². The van der Waals surface area contributed by atoms with Crippen LogP contribution in [-0.4, -0.2) is 0 Å². The second-order valence-electron chi connectivity index (χ2n) is 2.35. The van der Waals surface area contributed by atoms with Crippen LogP contribution in [0, 0.1) is 13.3 Å². The van der Waals surface area contributed by atoms with Gasteiger partial charge in [0.15, 0.2) is 0 Å². The monoisotopic (exact) mass is 132 g/mol. The van der Waals surface area contributed by atoms with Gasteiger partial charge in [-0.05, 0) is 30.9 Å². The van der Waals surface area contributed by atoms with Crippen molar-refractivity contribution in [2.24, 2.45) is 0 Å². The summed E-state index contributed by atoms with van der Waals surface area (Å²) in [6, 6.07) is 8.24. The van der Waals surface area contributed by atoms with Crippen LogP contribution in [0.2, 0.25) is 0 Å². The summed E-state index contributed by atoms with van der Waals surface area (Å²) in [6.07, 6.45) is 3.29. The second-order valence-corrected chi connectivity index (χ2v) is 2.35. The van der Waals surface area contributed by atoms with Crippen LogP contribution in [0.4, 0.5) is 0 Å². The first kappa shape index (κ1) is 7.33. The minimum absolute atomic E-state index is 1.08. The molecule has 1 aromatic rings. The van der Waals surface area contributed by atoms with E-state index in [-0.39, 0.29) is 0 Å². The Bertz CT molecular complexity index is 184. The summed E-state index contributed by atoms with van der Waals surface area (Å²) in [6.45, 7) is 5.94. The summed E-state index contributed by atoms with van der Waals surface area (Å²) < 4.78 is 0. The van der Waals surface area contributed by atoms with Crippen molar-refractivity contribution >= 4 is 0 Å². The zero-order valence-electron chi connectivity index (χ0n) is 6.30. The fourth-order valence-corrected chi connectivity index (χ4v) is 0.889. The third kappa shape index (κ3) is 1.87. The molecule has 0 heteroatoms. The Balaban J connectivity index is 2.69. The smallest absolute Gasteiger partial charge is 0.00958 e. The quantitative estimate of drug-likeness (QED) is 0.580. The molecule has 0 saturated heterocycles. The summed E-state index contributed by atoms with van der Waals surface area (Å²) in [5.41, 5.74) is 2.36. The van der Waals surface area contributed by atoms with E-state index >= 15 is 0 Å². The second kappa shape index (κ2) is 3.40. The Kier molecular flexibility index (Phi) is 2.49. The van der Waals surface area contributed by atoms with Crippen LogP contribution in [0.25, 0.3) is 0 Å². The van der Waals surface area contributed by atoms with Gasteiger partial charge in [0.05, 0.1) is 0 Å². The maximum absolute atomic E-state index is 3.81. The highest BCUT2D eigenvalue weighted by Gasteiger charge is 1.88. The molecule has 0 bridgehead atoms. The SMILES string of the molecule is [CH2]c1ccc([CH]CC)cc1. The molecule has 0 aliphatic carbocycles. The lowest BCUT2D eigenvalue weighted by molar-refractivity contribution is 1.12. The van der Waals surface area contributed by atoms with Gasteiger partial charge in [-0.15, -0.1) is 0 Å². The topological polar surface area (TPSA) is 0 Å². The molecule has 0 fully saturated rings. The molecule has 10 heavy (non-hydrogen) atoms. The molecule has 1 rings (SSSR count). The fourth-order valence-electron chi connectivity index (χ4n) is 0.889. The molecule has 0 atom stereocenters. The zero-order chi connectivity index (χ0) is 7.40. The first-order chi connectivity index (χ1) is 4.83. The Morgan fingerprint density at radius 3 is 2.40 bits per heavy atom. The van der Waals surface area contributed by atoms with Crippen molar-refractivity contribution in [3.63, 3.8) is 0 Å². The van der Waals surface area contributed by atoms with Gasteiger partial charge in [0.2, 0.25) is 0 Å². The summed E-state index contributed by atoms with van der Waals surface area (Å²) in [5.74, 6) is 0.